The summed E-state index contributed by atoms with van der Waals surface area (Å²) >= 11 is 1.82. The number of carbonyl (C=O) groups excluding carboxylic acids is 1. The molecule has 27 heavy (non-hydrogen) atoms. The first-order valence-corrected chi connectivity index (χ1v) is 10.9. The Labute approximate surface area is 166 Å². The molecule has 6 heteroatoms. The number of likely N-dealkylation sites (tertiary alicyclic amines) is 1. The van der Waals surface area contributed by atoms with Crippen molar-refractivity contribution in [2.45, 2.75) is 72.3 Å². The van der Waals surface area contributed by atoms with E-state index in [2.05, 4.69) is 39.9 Å². The highest BCUT2D eigenvalue weighted by molar-refractivity contribution is 7.12. The van der Waals surface area contributed by atoms with Crippen LogP contribution >= 0.6 is 11.3 Å². The second-order valence-electron chi connectivity index (χ2n) is 9.05. The Balaban J connectivity index is 1.91. The Morgan fingerprint density at radius 3 is 2.67 bits per heavy atom. The molecule has 3 rings (SSSR count). The van der Waals surface area contributed by atoms with Gasteiger partial charge in [-0.15, -0.1) is 11.3 Å². The summed E-state index contributed by atoms with van der Waals surface area (Å²) in [5.74, 6) is 0.922. The molecule has 2 amide bonds. The maximum absolute atomic E-state index is 12.3. The Morgan fingerprint density at radius 2 is 2.11 bits per heavy atom. The average Bonchev–Trinajstić information content (AvgIpc) is 2.92. The third kappa shape index (κ3) is 3.73. The topological polar surface area (TPSA) is 69.6 Å². The van der Waals surface area contributed by atoms with Gasteiger partial charge in [0.1, 0.15) is 0 Å². The van der Waals surface area contributed by atoms with Crippen LogP contribution in [0.4, 0.5) is 4.79 Å². The molecule has 1 saturated heterocycles. The Morgan fingerprint density at radius 1 is 1.41 bits per heavy atom. The van der Waals surface area contributed by atoms with E-state index in [4.69, 9.17) is 0 Å². The molecule has 0 aliphatic carbocycles. The summed E-state index contributed by atoms with van der Waals surface area (Å²) in [5, 5.41) is 12.6. The number of piperidine rings is 1. The second kappa shape index (κ2) is 7.46. The van der Waals surface area contributed by atoms with E-state index < -0.39 is 6.09 Å². The van der Waals surface area contributed by atoms with E-state index in [1.165, 1.54) is 9.75 Å². The van der Waals surface area contributed by atoms with Crippen molar-refractivity contribution in [1.29, 1.82) is 0 Å². The predicted molar refractivity (Wildman–Crippen MR) is 109 cm³/mol. The minimum absolute atomic E-state index is 0.0287. The maximum Gasteiger partial charge on any atom is 0.407 e. The highest BCUT2D eigenvalue weighted by Crippen LogP contribution is 2.46. The lowest BCUT2D eigenvalue weighted by Crippen LogP contribution is -2.52. The number of nitrogens with one attached hydrogen (secondary N) is 1. The van der Waals surface area contributed by atoms with Crippen molar-refractivity contribution in [1.82, 2.24) is 10.2 Å². The minimum Gasteiger partial charge on any atom is -0.465 e. The van der Waals surface area contributed by atoms with Crippen LogP contribution in [0, 0.1) is 18.3 Å². The fourth-order valence-corrected chi connectivity index (χ4v) is 6.52. The molecule has 150 valence electrons. The van der Waals surface area contributed by atoms with E-state index >= 15 is 0 Å². The first-order chi connectivity index (χ1) is 12.6. The number of hydrogen-bond donors (Lipinski definition) is 2. The summed E-state index contributed by atoms with van der Waals surface area (Å²) in [6, 6.07) is 0.0287. The third-order valence-electron chi connectivity index (χ3n) is 6.36. The molecule has 2 aliphatic rings. The Kier molecular flexibility index (Phi) is 5.57. The number of carboxylic acid groups (broad SMARTS) is 1. The molecule has 2 aliphatic heterocycles. The van der Waals surface area contributed by atoms with E-state index in [1.54, 1.807) is 4.90 Å². The van der Waals surface area contributed by atoms with Gasteiger partial charge in [0.2, 0.25) is 0 Å². The Bertz CT molecular complexity index is 735. The molecular weight excluding hydrogens is 360 g/mol. The van der Waals surface area contributed by atoms with Crippen molar-refractivity contribution in [3.63, 3.8) is 0 Å². The number of thiophene rings is 1. The van der Waals surface area contributed by atoms with Gasteiger partial charge in [-0.25, -0.2) is 4.79 Å². The monoisotopic (exact) mass is 392 g/mol. The fraction of sp³-hybridized carbons (Fsp3) is 0.714. The molecule has 0 spiro atoms. The summed E-state index contributed by atoms with van der Waals surface area (Å²) in [6.07, 6.45) is 2.93. The van der Waals surface area contributed by atoms with Gasteiger partial charge in [-0.2, -0.15) is 0 Å². The molecular formula is C21H32N2O3S. The molecule has 5 nitrogen and oxygen atoms in total. The van der Waals surface area contributed by atoms with Crippen LogP contribution in [0.1, 0.15) is 78.6 Å². The SMILES string of the molecule is CCC(c1sc2c(c1C)C(=O)NCC2)C1CCN(C(=O)O)C(C(C)(C)C)C1. The normalized spacial score (nSPS) is 24.3. The predicted octanol–water partition coefficient (Wildman–Crippen LogP) is 4.64. The first kappa shape index (κ1) is 20.2. The lowest BCUT2D eigenvalue weighted by atomic mass is 9.72. The van der Waals surface area contributed by atoms with Crippen molar-refractivity contribution in [2.24, 2.45) is 11.3 Å². The van der Waals surface area contributed by atoms with Crippen LogP contribution in [0.3, 0.4) is 0 Å². The second-order valence-corrected chi connectivity index (χ2v) is 10.2. The van der Waals surface area contributed by atoms with Gasteiger partial charge >= 0.3 is 6.09 Å². The van der Waals surface area contributed by atoms with Gasteiger partial charge in [0, 0.05) is 28.9 Å². The van der Waals surface area contributed by atoms with E-state index in [1.807, 2.05) is 11.3 Å². The quantitative estimate of drug-likeness (QED) is 0.787. The molecule has 1 fully saturated rings. The number of rotatable bonds is 3. The lowest BCUT2D eigenvalue weighted by Gasteiger charge is -2.46. The van der Waals surface area contributed by atoms with Crippen molar-refractivity contribution >= 4 is 23.3 Å². The van der Waals surface area contributed by atoms with E-state index in [-0.39, 0.29) is 17.4 Å². The smallest absolute Gasteiger partial charge is 0.407 e. The van der Waals surface area contributed by atoms with Crippen LogP contribution in [0.5, 0.6) is 0 Å². The molecule has 3 atom stereocenters. The van der Waals surface area contributed by atoms with Crippen LogP contribution in [0.2, 0.25) is 0 Å². The first-order valence-electron chi connectivity index (χ1n) is 10.0. The van der Waals surface area contributed by atoms with Gasteiger partial charge in [0.05, 0.1) is 5.56 Å². The summed E-state index contributed by atoms with van der Waals surface area (Å²) in [7, 11) is 0. The highest BCUT2D eigenvalue weighted by Gasteiger charge is 2.41. The standard InChI is InChI=1S/C21H32N2O3S/c1-6-14(18-12(2)17-15(27-18)7-9-22-19(17)24)13-8-10-23(20(25)26)16(11-13)21(3,4)5/h13-14,16H,6-11H2,1-5H3,(H,22,24)(H,25,26). The van der Waals surface area contributed by atoms with E-state index in [0.717, 1.165) is 43.4 Å². The van der Waals surface area contributed by atoms with Crippen LogP contribution < -0.4 is 5.32 Å². The van der Waals surface area contributed by atoms with Gasteiger partial charge in [-0.1, -0.05) is 27.7 Å². The number of carbonyl (C=O) groups is 2. The third-order valence-corrected chi connectivity index (χ3v) is 7.84. The largest absolute Gasteiger partial charge is 0.465 e. The van der Waals surface area contributed by atoms with Gasteiger partial charge in [0.25, 0.3) is 5.91 Å². The van der Waals surface area contributed by atoms with Crippen LogP contribution in [-0.4, -0.2) is 41.1 Å². The molecule has 1 aromatic heterocycles. The van der Waals surface area contributed by atoms with Crippen molar-refractivity contribution < 1.29 is 14.7 Å². The number of fused-ring (bicyclic) bond motifs is 1. The van der Waals surface area contributed by atoms with Crippen LogP contribution in [0.15, 0.2) is 0 Å². The number of nitrogens with zero attached hydrogens (tertiary/aromatic N) is 1. The zero-order valence-corrected chi connectivity index (χ0v) is 17.9. The van der Waals surface area contributed by atoms with Gasteiger partial charge in [0.15, 0.2) is 0 Å². The molecule has 2 N–H and O–H groups in total. The average molecular weight is 393 g/mol. The van der Waals surface area contributed by atoms with Gasteiger partial charge < -0.3 is 15.3 Å². The van der Waals surface area contributed by atoms with Crippen LogP contribution in [-0.2, 0) is 6.42 Å². The van der Waals surface area contributed by atoms with Crippen molar-refractivity contribution in [3.8, 4) is 0 Å². The molecule has 0 aromatic carbocycles. The number of amides is 2. The summed E-state index contributed by atoms with van der Waals surface area (Å²) in [4.78, 5) is 28.3. The zero-order valence-electron chi connectivity index (χ0n) is 17.1. The molecule has 0 radical (unpaired) electrons. The molecule has 1 aromatic rings. The maximum atomic E-state index is 12.3. The molecule has 3 unspecified atom stereocenters. The minimum atomic E-state index is -0.805. The summed E-state index contributed by atoms with van der Waals surface area (Å²) in [5.41, 5.74) is 1.96. The van der Waals surface area contributed by atoms with Crippen molar-refractivity contribution in [3.05, 3.63) is 20.9 Å². The molecule has 0 bridgehead atoms. The van der Waals surface area contributed by atoms with Crippen LogP contribution in [0.25, 0.3) is 0 Å². The van der Waals surface area contributed by atoms with E-state index in [9.17, 15) is 14.7 Å². The van der Waals surface area contributed by atoms with Gasteiger partial charge in [-0.05, 0) is 55.4 Å². The fourth-order valence-electron chi connectivity index (χ4n) is 4.94. The van der Waals surface area contributed by atoms with Crippen molar-refractivity contribution in [2.75, 3.05) is 13.1 Å². The lowest BCUT2D eigenvalue weighted by molar-refractivity contribution is 0.0349. The zero-order chi connectivity index (χ0) is 19.9. The Hall–Kier alpha value is -1.56. The number of hydrogen-bond acceptors (Lipinski definition) is 3. The van der Waals surface area contributed by atoms with E-state index in [0.29, 0.717) is 18.4 Å². The molecule has 3 heterocycles. The molecule has 0 saturated carbocycles. The highest BCUT2D eigenvalue weighted by atomic mass is 32.1. The summed E-state index contributed by atoms with van der Waals surface area (Å²) < 4.78 is 0. The van der Waals surface area contributed by atoms with Gasteiger partial charge in [-0.3, -0.25) is 4.79 Å². The summed E-state index contributed by atoms with van der Waals surface area (Å²) in [6.45, 7) is 12.0.